The van der Waals surface area contributed by atoms with Crippen molar-refractivity contribution in [3.63, 3.8) is 0 Å². The zero-order valence-corrected chi connectivity index (χ0v) is 18.1. The lowest BCUT2D eigenvalue weighted by Gasteiger charge is -2.35. The summed E-state index contributed by atoms with van der Waals surface area (Å²) in [4.78, 5) is 15.6. The van der Waals surface area contributed by atoms with E-state index in [0.29, 0.717) is 5.92 Å². The van der Waals surface area contributed by atoms with E-state index in [1.54, 1.807) is 0 Å². The van der Waals surface area contributed by atoms with E-state index < -0.39 is 0 Å². The number of nitrogens with zero attached hydrogens (tertiary/aromatic N) is 1. The Morgan fingerprint density at radius 2 is 1.52 bits per heavy atom. The van der Waals surface area contributed by atoms with Crippen LogP contribution < -0.4 is 0 Å². The van der Waals surface area contributed by atoms with E-state index in [9.17, 15) is 4.79 Å². The minimum absolute atomic E-state index is 0.0639. The molecule has 156 valence electrons. The molecule has 0 amide bonds. The highest BCUT2D eigenvalue weighted by Gasteiger charge is 2.33. The van der Waals surface area contributed by atoms with Gasteiger partial charge in [0.15, 0.2) is 0 Å². The first kappa shape index (κ1) is 21.6. The molecule has 0 saturated heterocycles. The molecule has 0 N–H and O–H groups in total. The first-order chi connectivity index (χ1) is 14.0. The van der Waals surface area contributed by atoms with Crippen LogP contribution in [0.3, 0.4) is 0 Å². The molecule has 3 nitrogen and oxygen atoms in total. The highest BCUT2D eigenvalue weighted by molar-refractivity contribution is 5.76. The summed E-state index contributed by atoms with van der Waals surface area (Å²) in [6, 6.07) is 20.6. The van der Waals surface area contributed by atoms with Crippen LogP contribution in [-0.4, -0.2) is 23.0 Å². The summed E-state index contributed by atoms with van der Waals surface area (Å²) >= 11 is 0. The fourth-order valence-electron chi connectivity index (χ4n) is 4.45. The van der Waals surface area contributed by atoms with Crippen LogP contribution in [0.5, 0.6) is 0 Å². The van der Waals surface area contributed by atoms with Gasteiger partial charge in [-0.2, -0.15) is 0 Å². The Labute approximate surface area is 176 Å². The van der Waals surface area contributed by atoms with Crippen molar-refractivity contribution >= 4 is 5.97 Å². The Hall–Kier alpha value is -2.13. The topological polar surface area (TPSA) is 29.5 Å². The van der Waals surface area contributed by atoms with Crippen molar-refractivity contribution in [2.75, 3.05) is 0 Å². The molecule has 3 heteroatoms. The molecular formula is C26H35NO2. The lowest BCUT2D eigenvalue weighted by Crippen LogP contribution is -2.46. The van der Waals surface area contributed by atoms with Gasteiger partial charge in [-0.1, -0.05) is 87.9 Å². The molecule has 2 unspecified atom stereocenters. The van der Waals surface area contributed by atoms with Gasteiger partial charge in [0.1, 0.15) is 12.1 Å². The Morgan fingerprint density at radius 3 is 2.00 bits per heavy atom. The van der Waals surface area contributed by atoms with Crippen LogP contribution in [0, 0.1) is 11.8 Å². The van der Waals surface area contributed by atoms with Gasteiger partial charge in [-0.05, 0) is 42.2 Å². The van der Waals surface area contributed by atoms with E-state index in [1.807, 2.05) is 12.1 Å². The van der Waals surface area contributed by atoms with Crippen LogP contribution in [0.25, 0.3) is 0 Å². The molecule has 1 fully saturated rings. The maximum atomic E-state index is 13.3. The van der Waals surface area contributed by atoms with Gasteiger partial charge in [-0.25, -0.2) is 0 Å². The monoisotopic (exact) mass is 393 g/mol. The molecule has 0 aliphatic heterocycles. The van der Waals surface area contributed by atoms with Crippen LogP contribution in [0.15, 0.2) is 60.7 Å². The number of carbonyl (C=O) groups excluding carboxylic acids is 1. The molecule has 0 radical (unpaired) electrons. The normalized spacial score (nSPS) is 20.6. The van der Waals surface area contributed by atoms with Crippen molar-refractivity contribution in [2.45, 2.75) is 71.7 Å². The molecule has 3 atom stereocenters. The molecule has 1 aliphatic rings. The highest BCUT2D eigenvalue weighted by Crippen LogP contribution is 2.27. The van der Waals surface area contributed by atoms with Crippen molar-refractivity contribution < 1.29 is 9.53 Å². The van der Waals surface area contributed by atoms with Crippen LogP contribution in [0.4, 0.5) is 0 Å². The number of hydrogen-bond acceptors (Lipinski definition) is 3. The van der Waals surface area contributed by atoms with Crippen molar-refractivity contribution in [1.29, 1.82) is 0 Å². The number of benzene rings is 2. The van der Waals surface area contributed by atoms with E-state index in [2.05, 4.69) is 74.2 Å². The predicted octanol–water partition coefficient (Wildman–Crippen LogP) is 5.84. The largest absolute Gasteiger partial charge is 0.461 e. The van der Waals surface area contributed by atoms with Gasteiger partial charge in [0.05, 0.1) is 0 Å². The number of rotatable bonds is 8. The van der Waals surface area contributed by atoms with Gasteiger partial charge in [-0.15, -0.1) is 0 Å². The van der Waals surface area contributed by atoms with Crippen molar-refractivity contribution in [2.24, 2.45) is 11.8 Å². The molecule has 3 rings (SSSR count). The molecule has 1 aliphatic carbocycles. The second kappa shape index (κ2) is 10.6. The molecular weight excluding hydrogens is 358 g/mol. The van der Waals surface area contributed by atoms with Crippen LogP contribution in [-0.2, 0) is 22.6 Å². The Kier molecular flexibility index (Phi) is 7.88. The molecule has 29 heavy (non-hydrogen) atoms. The van der Waals surface area contributed by atoms with Gasteiger partial charge in [-0.3, -0.25) is 9.69 Å². The summed E-state index contributed by atoms with van der Waals surface area (Å²) in [5.74, 6) is 0.755. The summed E-state index contributed by atoms with van der Waals surface area (Å²) in [7, 11) is 0. The van der Waals surface area contributed by atoms with Gasteiger partial charge in [0.2, 0.25) is 0 Å². The minimum atomic E-state index is -0.257. The smallest absolute Gasteiger partial charge is 0.323 e. The third kappa shape index (κ3) is 6.43. The average molecular weight is 394 g/mol. The number of hydrogen-bond donors (Lipinski definition) is 0. The molecule has 0 spiro atoms. The summed E-state index contributed by atoms with van der Waals surface area (Å²) in [5, 5.41) is 0. The quantitative estimate of drug-likeness (QED) is 0.528. The summed E-state index contributed by atoms with van der Waals surface area (Å²) in [6.07, 6.45) is 4.47. The third-order valence-corrected chi connectivity index (χ3v) is 5.89. The second-order valence-electron chi connectivity index (χ2n) is 8.90. The standard InChI is InChI=1S/C26H35NO2/c1-20(2)25(26(28)29-24-16-10-11-21(3)17-24)27(18-22-12-6-4-7-13-22)19-23-14-8-5-9-15-23/h4-9,12-15,20-21,24-25H,10-11,16-19H2,1-3H3/t21?,24?,25-/m0/s1. The van der Waals surface area contributed by atoms with Gasteiger partial charge in [0, 0.05) is 13.1 Å². The number of ether oxygens (including phenoxy) is 1. The Bertz CT molecular complexity index is 702. The summed E-state index contributed by atoms with van der Waals surface area (Å²) < 4.78 is 6.06. The molecule has 0 heterocycles. The lowest BCUT2D eigenvalue weighted by molar-refractivity contribution is -0.160. The predicted molar refractivity (Wildman–Crippen MR) is 118 cm³/mol. The highest BCUT2D eigenvalue weighted by atomic mass is 16.5. The van der Waals surface area contributed by atoms with Crippen LogP contribution in [0.2, 0.25) is 0 Å². The first-order valence-corrected chi connectivity index (χ1v) is 11.1. The SMILES string of the molecule is CC1CCCC(OC(=O)[C@H](C(C)C)N(Cc2ccccc2)Cc2ccccc2)C1. The van der Waals surface area contributed by atoms with Gasteiger partial charge >= 0.3 is 5.97 Å². The third-order valence-electron chi connectivity index (χ3n) is 5.89. The number of esters is 1. The fourth-order valence-corrected chi connectivity index (χ4v) is 4.45. The second-order valence-corrected chi connectivity index (χ2v) is 8.90. The molecule has 2 aromatic carbocycles. The Morgan fingerprint density at radius 1 is 0.966 bits per heavy atom. The number of carbonyl (C=O) groups is 1. The van der Waals surface area contributed by atoms with Crippen molar-refractivity contribution in [1.82, 2.24) is 4.90 Å². The van der Waals surface area contributed by atoms with E-state index in [1.165, 1.54) is 17.5 Å². The Balaban J connectivity index is 1.79. The molecule has 0 bridgehead atoms. The minimum Gasteiger partial charge on any atom is -0.461 e. The van der Waals surface area contributed by atoms with Crippen LogP contribution in [0.1, 0.15) is 57.6 Å². The van der Waals surface area contributed by atoms with Crippen molar-refractivity contribution in [3.8, 4) is 0 Å². The summed E-state index contributed by atoms with van der Waals surface area (Å²) in [6.45, 7) is 7.97. The first-order valence-electron chi connectivity index (χ1n) is 11.1. The maximum Gasteiger partial charge on any atom is 0.323 e. The van der Waals surface area contributed by atoms with Gasteiger partial charge in [0.25, 0.3) is 0 Å². The molecule has 1 saturated carbocycles. The van der Waals surface area contributed by atoms with E-state index >= 15 is 0 Å². The van der Waals surface area contributed by atoms with E-state index in [4.69, 9.17) is 4.74 Å². The van der Waals surface area contributed by atoms with Crippen molar-refractivity contribution in [3.05, 3.63) is 71.8 Å². The van der Waals surface area contributed by atoms with E-state index in [-0.39, 0.29) is 24.0 Å². The summed E-state index contributed by atoms with van der Waals surface area (Å²) in [5.41, 5.74) is 2.43. The fraction of sp³-hybridized carbons (Fsp3) is 0.500. The average Bonchev–Trinajstić information content (AvgIpc) is 2.69. The zero-order valence-electron chi connectivity index (χ0n) is 18.1. The van der Waals surface area contributed by atoms with Gasteiger partial charge < -0.3 is 4.74 Å². The molecule has 0 aromatic heterocycles. The maximum absolute atomic E-state index is 13.3. The zero-order chi connectivity index (χ0) is 20.6. The molecule has 2 aromatic rings. The van der Waals surface area contributed by atoms with E-state index in [0.717, 1.165) is 32.4 Å². The van der Waals surface area contributed by atoms with Crippen LogP contribution >= 0.6 is 0 Å². The lowest BCUT2D eigenvalue weighted by atomic mass is 9.88.